The number of primary amides is 1. The molecule has 0 bridgehead atoms. The van der Waals surface area contributed by atoms with Crippen LogP contribution in [0.2, 0.25) is 0 Å². The summed E-state index contributed by atoms with van der Waals surface area (Å²) >= 11 is 0. The van der Waals surface area contributed by atoms with E-state index in [1.165, 1.54) is 6.07 Å². The van der Waals surface area contributed by atoms with Gasteiger partial charge in [0.2, 0.25) is 5.91 Å². The second kappa shape index (κ2) is 4.77. The van der Waals surface area contributed by atoms with Crippen LogP contribution in [0, 0.1) is 18.7 Å². The lowest BCUT2D eigenvalue weighted by molar-refractivity contribution is -0.120. The van der Waals surface area contributed by atoms with Crippen LogP contribution in [-0.2, 0) is 4.79 Å². The third kappa shape index (κ3) is 3.23. The first-order valence-electron chi connectivity index (χ1n) is 4.80. The van der Waals surface area contributed by atoms with Gasteiger partial charge in [-0.2, -0.15) is 0 Å². The zero-order valence-corrected chi connectivity index (χ0v) is 8.88. The van der Waals surface area contributed by atoms with Gasteiger partial charge in [0, 0.05) is 12.2 Å². The third-order valence-corrected chi connectivity index (χ3v) is 2.26. The lowest BCUT2D eigenvalue weighted by atomic mass is 10.1. The highest BCUT2D eigenvalue weighted by Gasteiger charge is 2.07. The summed E-state index contributed by atoms with van der Waals surface area (Å²) in [6.45, 7) is 3.89. The molecule has 3 N–H and O–H groups in total. The number of halogens is 1. The van der Waals surface area contributed by atoms with Crippen LogP contribution < -0.4 is 11.1 Å². The van der Waals surface area contributed by atoms with Crippen molar-refractivity contribution in [1.82, 2.24) is 0 Å². The molecular weight excluding hydrogens is 195 g/mol. The fourth-order valence-corrected chi connectivity index (χ4v) is 1.13. The van der Waals surface area contributed by atoms with E-state index in [1.807, 2.05) is 0 Å². The van der Waals surface area contributed by atoms with E-state index in [0.29, 0.717) is 12.1 Å². The van der Waals surface area contributed by atoms with Crippen molar-refractivity contribution in [2.45, 2.75) is 13.8 Å². The smallest absolute Gasteiger partial charge is 0.222 e. The molecule has 1 amide bonds. The number of hydrogen-bond donors (Lipinski definition) is 2. The summed E-state index contributed by atoms with van der Waals surface area (Å²) < 4.78 is 12.9. The van der Waals surface area contributed by atoms with Gasteiger partial charge in [-0.05, 0) is 30.7 Å². The minimum atomic E-state index is -0.346. The average molecular weight is 210 g/mol. The van der Waals surface area contributed by atoms with Crippen LogP contribution in [0.25, 0.3) is 0 Å². The molecule has 1 unspecified atom stereocenters. The molecule has 1 rings (SSSR count). The fraction of sp³-hybridized carbons (Fsp3) is 0.364. The van der Waals surface area contributed by atoms with E-state index in [9.17, 15) is 9.18 Å². The predicted molar refractivity (Wildman–Crippen MR) is 58.0 cm³/mol. The van der Waals surface area contributed by atoms with Gasteiger partial charge in [-0.3, -0.25) is 4.79 Å². The Hall–Kier alpha value is -1.58. The van der Waals surface area contributed by atoms with Crippen molar-refractivity contribution in [2.24, 2.45) is 11.7 Å². The SMILES string of the molecule is Cc1cc(NCC(C)C(N)=O)ccc1F. The molecule has 1 atom stereocenters. The van der Waals surface area contributed by atoms with Crippen molar-refractivity contribution in [3.8, 4) is 0 Å². The summed E-state index contributed by atoms with van der Waals surface area (Å²) in [5, 5.41) is 3.03. The first-order chi connectivity index (χ1) is 7.00. The van der Waals surface area contributed by atoms with Gasteiger partial charge in [-0.1, -0.05) is 6.92 Å². The van der Waals surface area contributed by atoms with E-state index in [1.54, 1.807) is 26.0 Å². The standard InChI is InChI=1S/C11H15FN2O/c1-7-5-9(3-4-10(7)12)14-6-8(2)11(13)15/h3-5,8,14H,6H2,1-2H3,(H2,13,15). The maximum atomic E-state index is 12.9. The molecule has 0 aliphatic rings. The largest absolute Gasteiger partial charge is 0.384 e. The van der Waals surface area contributed by atoms with Gasteiger partial charge in [0.15, 0.2) is 0 Å². The van der Waals surface area contributed by atoms with Gasteiger partial charge in [0.25, 0.3) is 0 Å². The highest BCUT2D eigenvalue weighted by molar-refractivity contribution is 5.76. The van der Waals surface area contributed by atoms with E-state index in [2.05, 4.69) is 5.32 Å². The molecule has 82 valence electrons. The minimum Gasteiger partial charge on any atom is -0.384 e. The average Bonchev–Trinajstić information content (AvgIpc) is 2.19. The Labute approximate surface area is 88.5 Å². The lowest BCUT2D eigenvalue weighted by Gasteiger charge is -2.10. The van der Waals surface area contributed by atoms with Crippen LogP contribution in [0.4, 0.5) is 10.1 Å². The molecule has 3 nitrogen and oxygen atoms in total. The molecule has 1 aromatic rings. The molecule has 0 aliphatic heterocycles. The molecule has 0 heterocycles. The number of aryl methyl sites for hydroxylation is 1. The third-order valence-electron chi connectivity index (χ3n) is 2.26. The number of benzene rings is 1. The van der Waals surface area contributed by atoms with E-state index in [0.717, 1.165) is 5.69 Å². The first kappa shape index (κ1) is 11.5. The van der Waals surface area contributed by atoms with Crippen molar-refractivity contribution in [1.29, 1.82) is 0 Å². The number of hydrogen-bond acceptors (Lipinski definition) is 2. The van der Waals surface area contributed by atoms with E-state index in [-0.39, 0.29) is 17.6 Å². The molecule has 0 radical (unpaired) electrons. The Morgan fingerprint density at radius 3 is 2.80 bits per heavy atom. The summed E-state index contributed by atoms with van der Waals surface area (Å²) in [6.07, 6.45) is 0. The summed E-state index contributed by atoms with van der Waals surface area (Å²) in [6, 6.07) is 4.73. The number of nitrogens with two attached hydrogens (primary N) is 1. The fourth-order valence-electron chi connectivity index (χ4n) is 1.13. The molecule has 0 spiro atoms. The van der Waals surface area contributed by atoms with Gasteiger partial charge >= 0.3 is 0 Å². The maximum absolute atomic E-state index is 12.9. The monoisotopic (exact) mass is 210 g/mol. The zero-order valence-electron chi connectivity index (χ0n) is 8.88. The highest BCUT2D eigenvalue weighted by Crippen LogP contribution is 2.13. The maximum Gasteiger partial charge on any atom is 0.222 e. The Morgan fingerprint density at radius 2 is 2.27 bits per heavy atom. The van der Waals surface area contributed by atoms with Crippen LogP contribution in [0.15, 0.2) is 18.2 Å². The number of rotatable bonds is 4. The Bertz CT molecular complexity index is 366. The van der Waals surface area contributed by atoms with E-state index in [4.69, 9.17) is 5.73 Å². The van der Waals surface area contributed by atoms with Crippen molar-refractivity contribution < 1.29 is 9.18 Å². The summed E-state index contributed by atoms with van der Waals surface area (Å²) in [5.74, 6) is -0.819. The molecule has 0 aliphatic carbocycles. The van der Waals surface area contributed by atoms with Gasteiger partial charge in [0.05, 0.1) is 5.92 Å². The number of carbonyl (C=O) groups excluding carboxylic acids is 1. The van der Waals surface area contributed by atoms with Crippen LogP contribution in [0.5, 0.6) is 0 Å². The molecule has 0 saturated heterocycles. The number of anilines is 1. The van der Waals surface area contributed by atoms with E-state index >= 15 is 0 Å². The number of amides is 1. The predicted octanol–water partition coefficient (Wildman–Crippen LogP) is 1.67. The highest BCUT2D eigenvalue weighted by atomic mass is 19.1. The molecule has 0 fully saturated rings. The van der Waals surface area contributed by atoms with Gasteiger partial charge < -0.3 is 11.1 Å². The topological polar surface area (TPSA) is 55.1 Å². The van der Waals surface area contributed by atoms with Gasteiger partial charge in [-0.15, -0.1) is 0 Å². The molecule has 4 heteroatoms. The van der Waals surface area contributed by atoms with Crippen molar-refractivity contribution in [3.05, 3.63) is 29.6 Å². The van der Waals surface area contributed by atoms with Crippen LogP contribution in [0.1, 0.15) is 12.5 Å². The molecule has 0 aromatic heterocycles. The van der Waals surface area contributed by atoms with Crippen molar-refractivity contribution >= 4 is 11.6 Å². The van der Waals surface area contributed by atoms with E-state index < -0.39 is 0 Å². The second-order valence-corrected chi connectivity index (χ2v) is 3.65. The molecule has 1 aromatic carbocycles. The molecule has 15 heavy (non-hydrogen) atoms. The summed E-state index contributed by atoms with van der Waals surface area (Å²) in [7, 11) is 0. The lowest BCUT2D eigenvalue weighted by Crippen LogP contribution is -2.26. The zero-order chi connectivity index (χ0) is 11.4. The van der Waals surface area contributed by atoms with Crippen LogP contribution in [-0.4, -0.2) is 12.5 Å². The first-order valence-corrected chi connectivity index (χ1v) is 4.80. The number of nitrogens with one attached hydrogen (secondary N) is 1. The molecule has 0 saturated carbocycles. The van der Waals surface area contributed by atoms with Crippen molar-refractivity contribution in [3.63, 3.8) is 0 Å². The van der Waals surface area contributed by atoms with Gasteiger partial charge in [0.1, 0.15) is 5.82 Å². The Balaban J connectivity index is 2.58. The normalized spacial score (nSPS) is 12.2. The molecular formula is C11H15FN2O. The quantitative estimate of drug-likeness (QED) is 0.794. The second-order valence-electron chi connectivity index (χ2n) is 3.65. The van der Waals surface area contributed by atoms with Gasteiger partial charge in [-0.25, -0.2) is 4.39 Å². The Morgan fingerprint density at radius 1 is 1.60 bits per heavy atom. The minimum absolute atomic E-state index is 0.233. The van der Waals surface area contributed by atoms with Crippen LogP contribution in [0.3, 0.4) is 0 Å². The summed E-state index contributed by atoms with van der Waals surface area (Å²) in [5.41, 5.74) is 6.48. The summed E-state index contributed by atoms with van der Waals surface area (Å²) in [4.78, 5) is 10.8. The van der Waals surface area contributed by atoms with Crippen LogP contribution >= 0.6 is 0 Å². The number of carbonyl (C=O) groups is 1. The Kier molecular flexibility index (Phi) is 3.66. The van der Waals surface area contributed by atoms with Crippen molar-refractivity contribution in [2.75, 3.05) is 11.9 Å².